The number of fused-ring (bicyclic) bond motifs is 1. The van der Waals surface area contributed by atoms with Gasteiger partial charge in [-0.2, -0.15) is 0 Å². The highest BCUT2D eigenvalue weighted by Crippen LogP contribution is 2.11. The summed E-state index contributed by atoms with van der Waals surface area (Å²) >= 11 is 1.35. The van der Waals surface area contributed by atoms with Crippen LogP contribution in [0.15, 0.2) is 39.4 Å². The number of esters is 1. The Morgan fingerprint density at radius 3 is 3.15 bits per heavy atom. The number of thiazole rings is 1. The summed E-state index contributed by atoms with van der Waals surface area (Å²) in [6.07, 6.45) is 4.22. The quantitative estimate of drug-likeness (QED) is 0.690. The summed E-state index contributed by atoms with van der Waals surface area (Å²) in [6.45, 7) is 1.84. The Kier molecular flexibility index (Phi) is 3.11. The first kappa shape index (κ1) is 12.6. The van der Waals surface area contributed by atoms with E-state index in [1.54, 1.807) is 13.0 Å². The summed E-state index contributed by atoms with van der Waals surface area (Å²) in [5, 5.41) is 1.81. The van der Waals surface area contributed by atoms with Crippen molar-refractivity contribution < 1.29 is 13.9 Å². The standard InChI is InChI=1S/C13H10N2O4S/c1-8-7-20-13-14-4-10(11(16)15(8)13)12(17)19-6-9-2-3-18-5-9/h2-5,7H,6H2,1H3. The van der Waals surface area contributed by atoms with Gasteiger partial charge in [-0.1, -0.05) is 0 Å². The van der Waals surface area contributed by atoms with Crippen molar-refractivity contribution >= 4 is 22.3 Å². The van der Waals surface area contributed by atoms with Crippen molar-refractivity contribution in [3.8, 4) is 0 Å². The maximum atomic E-state index is 12.2. The minimum absolute atomic E-state index is 0.0557. The van der Waals surface area contributed by atoms with Crippen LogP contribution in [-0.4, -0.2) is 15.4 Å². The molecule has 7 heteroatoms. The molecule has 3 rings (SSSR count). The van der Waals surface area contributed by atoms with Gasteiger partial charge in [-0.25, -0.2) is 9.78 Å². The van der Waals surface area contributed by atoms with E-state index < -0.39 is 11.5 Å². The number of hydrogen-bond acceptors (Lipinski definition) is 6. The number of carbonyl (C=O) groups is 1. The largest absolute Gasteiger partial charge is 0.472 e. The average Bonchev–Trinajstić information content (AvgIpc) is 3.07. The Labute approximate surface area is 117 Å². The number of carbonyl (C=O) groups excluding carboxylic acids is 1. The van der Waals surface area contributed by atoms with Crippen LogP contribution < -0.4 is 5.56 Å². The van der Waals surface area contributed by atoms with Crippen molar-refractivity contribution in [3.63, 3.8) is 0 Å². The second-order valence-electron chi connectivity index (χ2n) is 4.18. The molecule has 0 amide bonds. The Hall–Kier alpha value is -2.41. The van der Waals surface area contributed by atoms with Crippen LogP contribution in [0.1, 0.15) is 21.6 Å². The lowest BCUT2D eigenvalue weighted by atomic mass is 10.3. The second kappa shape index (κ2) is 4.93. The third kappa shape index (κ3) is 2.12. The fourth-order valence-corrected chi connectivity index (χ4v) is 2.59. The molecule has 0 atom stereocenters. The molecule has 0 aromatic carbocycles. The molecule has 0 aliphatic carbocycles. The zero-order valence-corrected chi connectivity index (χ0v) is 11.3. The molecule has 0 aliphatic rings. The molecule has 0 unspecified atom stereocenters. The van der Waals surface area contributed by atoms with E-state index in [9.17, 15) is 9.59 Å². The smallest absolute Gasteiger partial charge is 0.345 e. The van der Waals surface area contributed by atoms with Crippen LogP contribution in [0.5, 0.6) is 0 Å². The minimum Gasteiger partial charge on any atom is -0.472 e. The molecule has 6 nitrogen and oxygen atoms in total. The first-order chi connectivity index (χ1) is 9.66. The molecule has 3 heterocycles. The highest BCUT2D eigenvalue weighted by atomic mass is 32.1. The van der Waals surface area contributed by atoms with Gasteiger partial charge in [0.25, 0.3) is 5.56 Å². The Morgan fingerprint density at radius 1 is 1.55 bits per heavy atom. The van der Waals surface area contributed by atoms with Crippen LogP contribution in [-0.2, 0) is 11.3 Å². The number of ether oxygens (including phenoxy) is 1. The molecule has 20 heavy (non-hydrogen) atoms. The van der Waals surface area contributed by atoms with Gasteiger partial charge in [-0.05, 0) is 13.0 Å². The third-order valence-corrected chi connectivity index (χ3v) is 3.74. The first-order valence-corrected chi connectivity index (χ1v) is 6.69. The van der Waals surface area contributed by atoms with E-state index in [2.05, 4.69) is 4.98 Å². The zero-order chi connectivity index (χ0) is 14.1. The molecule has 3 aromatic rings. The summed E-state index contributed by atoms with van der Waals surface area (Å²) in [4.78, 5) is 28.8. The van der Waals surface area contributed by atoms with Gasteiger partial charge in [0, 0.05) is 16.6 Å². The highest BCUT2D eigenvalue weighted by molar-refractivity contribution is 7.15. The summed E-state index contributed by atoms with van der Waals surface area (Å²) in [5.41, 5.74) is 0.977. The van der Waals surface area contributed by atoms with Crippen LogP contribution in [0.3, 0.4) is 0 Å². The molecule has 0 fully saturated rings. The van der Waals surface area contributed by atoms with Crippen molar-refractivity contribution in [2.45, 2.75) is 13.5 Å². The molecule has 0 spiro atoms. The molecular weight excluding hydrogens is 280 g/mol. The molecular formula is C13H10N2O4S. The maximum absolute atomic E-state index is 12.2. The van der Waals surface area contributed by atoms with Crippen LogP contribution in [0.2, 0.25) is 0 Å². The van der Waals surface area contributed by atoms with E-state index in [1.807, 2.05) is 5.38 Å². The first-order valence-electron chi connectivity index (χ1n) is 5.81. The lowest BCUT2D eigenvalue weighted by Gasteiger charge is -2.03. The van der Waals surface area contributed by atoms with Crippen molar-refractivity contribution in [2.24, 2.45) is 0 Å². The molecule has 102 valence electrons. The minimum atomic E-state index is -0.691. The van der Waals surface area contributed by atoms with E-state index >= 15 is 0 Å². The highest BCUT2D eigenvalue weighted by Gasteiger charge is 2.16. The number of aromatic nitrogens is 2. The lowest BCUT2D eigenvalue weighted by molar-refractivity contribution is 0.0469. The van der Waals surface area contributed by atoms with E-state index in [4.69, 9.17) is 9.15 Å². The van der Waals surface area contributed by atoms with Crippen LogP contribution in [0.4, 0.5) is 0 Å². The van der Waals surface area contributed by atoms with Gasteiger partial charge in [0.05, 0.1) is 18.7 Å². The molecule has 0 bridgehead atoms. The summed E-state index contributed by atoms with van der Waals surface area (Å²) < 4.78 is 11.3. The number of nitrogens with zero attached hydrogens (tertiary/aromatic N) is 2. The summed E-state index contributed by atoms with van der Waals surface area (Å²) in [6, 6.07) is 1.69. The normalized spacial score (nSPS) is 10.8. The van der Waals surface area contributed by atoms with Gasteiger partial charge >= 0.3 is 5.97 Å². The van der Waals surface area contributed by atoms with Crippen molar-refractivity contribution in [2.75, 3.05) is 0 Å². The van der Waals surface area contributed by atoms with Gasteiger partial charge in [0.15, 0.2) is 4.96 Å². The van der Waals surface area contributed by atoms with Gasteiger partial charge in [0.2, 0.25) is 0 Å². The zero-order valence-electron chi connectivity index (χ0n) is 10.5. The topological polar surface area (TPSA) is 73.8 Å². The van der Waals surface area contributed by atoms with Crippen molar-refractivity contribution in [1.82, 2.24) is 9.38 Å². The maximum Gasteiger partial charge on any atom is 0.345 e. The monoisotopic (exact) mass is 290 g/mol. The van der Waals surface area contributed by atoms with Crippen LogP contribution in [0, 0.1) is 6.92 Å². The van der Waals surface area contributed by atoms with Gasteiger partial charge in [-0.3, -0.25) is 9.20 Å². The van der Waals surface area contributed by atoms with E-state index in [0.29, 0.717) is 4.96 Å². The predicted octanol–water partition coefficient (Wildman–Crippen LogP) is 2.01. The fraction of sp³-hybridized carbons (Fsp3) is 0.154. The Bertz CT molecular complexity index is 817. The number of furan rings is 1. The summed E-state index contributed by atoms with van der Waals surface area (Å²) in [7, 11) is 0. The SMILES string of the molecule is Cc1csc2ncc(C(=O)OCc3ccoc3)c(=O)n12. The molecule has 0 saturated carbocycles. The molecule has 0 saturated heterocycles. The Morgan fingerprint density at radius 2 is 2.40 bits per heavy atom. The second-order valence-corrected chi connectivity index (χ2v) is 5.02. The molecule has 3 aromatic heterocycles. The molecule has 0 aliphatic heterocycles. The fourth-order valence-electron chi connectivity index (χ4n) is 1.77. The number of aryl methyl sites for hydroxylation is 1. The van der Waals surface area contributed by atoms with E-state index in [-0.39, 0.29) is 12.2 Å². The number of hydrogen-bond donors (Lipinski definition) is 0. The van der Waals surface area contributed by atoms with Gasteiger partial charge in [-0.15, -0.1) is 11.3 Å². The van der Waals surface area contributed by atoms with Crippen molar-refractivity contribution in [1.29, 1.82) is 0 Å². The third-order valence-electron chi connectivity index (χ3n) is 2.79. The van der Waals surface area contributed by atoms with E-state index in [0.717, 1.165) is 11.3 Å². The van der Waals surface area contributed by atoms with Gasteiger partial charge < -0.3 is 9.15 Å². The predicted molar refractivity (Wildman–Crippen MR) is 71.9 cm³/mol. The number of rotatable bonds is 3. The van der Waals surface area contributed by atoms with Crippen LogP contribution >= 0.6 is 11.3 Å². The van der Waals surface area contributed by atoms with Gasteiger partial charge in [0.1, 0.15) is 12.2 Å². The summed E-state index contributed by atoms with van der Waals surface area (Å²) in [5.74, 6) is -0.691. The lowest BCUT2D eigenvalue weighted by Crippen LogP contribution is -2.24. The van der Waals surface area contributed by atoms with E-state index in [1.165, 1.54) is 34.5 Å². The molecule has 0 radical (unpaired) electrons. The molecule has 0 N–H and O–H groups in total. The van der Waals surface area contributed by atoms with Crippen LogP contribution in [0.25, 0.3) is 4.96 Å². The Balaban J connectivity index is 1.89. The average molecular weight is 290 g/mol. The van der Waals surface area contributed by atoms with Crippen molar-refractivity contribution in [3.05, 3.63) is 57.3 Å².